The molecule has 0 radical (unpaired) electrons. The molecule has 0 aromatic rings. The predicted molar refractivity (Wildman–Crippen MR) is 61.6 cm³/mol. The van der Waals surface area contributed by atoms with Crippen LogP contribution in [0.5, 0.6) is 0 Å². The van der Waals surface area contributed by atoms with Gasteiger partial charge in [-0.25, -0.2) is 9.80 Å². The molecule has 5 nitrogen and oxygen atoms in total. The van der Waals surface area contributed by atoms with E-state index in [9.17, 15) is 4.79 Å². The maximum atomic E-state index is 11.9. The molecular weight excluding hydrogens is 230 g/mol. The van der Waals surface area contributed by atoms with Gasteiger partial charge in [-0.15, -0.1) is 0 Å². The minimum atomic E-state index is -0.879. The van der Waals surface area contributed by atoms with Gasteiger partial charge in [0.05, 0.1) is 13.2 Å². The standard InChI is InChI=1S/C10H12ClN3O2/c1-3-16-9(15)10(2)6-12-8-5-4-7(11)13-14(8)10/h4-5H,3,6H2,1-2H3. The Kier molecular flexibility index (Phi) is 2.71. The van der Waals surface area contributed by atoms with E-state index in [0.29, 0.717) is 24.2 Å². The van der Waals surface area contributed by atoms with Crippen molar-refractivity contribution in [2.45, 2.75) is 19.4 Å². The molecule has 1 atom stereocenters. The summed E-state index contributed by atoms with van der Waals surface area (Å²) < 4.78 is 5.02. The van der Waals surface area contributed by atoms with Gasteiger partial charge in [0.25, 0.3) is 0 Å². The Morgan fingerprint density at radius 3 is 3.12 bits per heavy atom. The summed E-state index contributed by atoms with van der Waals surface area (Å²) in [6, 6.07) is 0. The lowest BCUT2D eigenvalue weighted by Gasteiger charge is -2.31. The number of carbonyl (C=O) groups excluding carboxylic acids is 1. The van der Waals surface area contributed by atoms with Crippen LogP contribution in [0.25, 0.3) is 0 Å². The Morgan fingerprint density at radius 1 is 1.69 bits per heavy atom. The van der Waals surface area contributed by atoms with Crippen LogP contribution in [-0.4, -0.2) is 40.7 Å². The molecule has 2 heterocycles. The Bertz CT molecular complexity index is 416. The van der Waals surface area contributed by atoms with Crippen molar-refractivity contribution in [3.8, 4) is 0 Å². The molecule has 0 spiro atoms. The first-order valence-corrected chi connectivity index (χ1v) is 5.40. The number of hydrazone groups is 1. The zero-order valence-corrected chi connectivity index (χ0v) is 9.86. The van der Waals surface area contributed by atoms with Gasteiger partial charge in [-0.05, 0) is 26.0 Å². The number of hydrogen-bond donors (Lipinski definition) is 0. The van der Waals surface area contributed by atoms with Crippen LogP contribution in [-0.2, 0) is 9.53 Å². The molecule has 0 N–H and O–H groups in total. The quantitative estimate of drug-likeness (QED) is 0.682. The second-order valence-electron chi connectivity index (χ2n) is 3.74. The fourth-order valence-electron chi connectivity index (χ4n) is 1.62. The highest BCUT2D eigenvalue weighted by Crippen LogP contribution is 2.27. The van der Waals surface area contributed by atoms with Gasteiger partial charge in [-0.3, -0.25) is 4.99 Å². The fraction of sp³-hybridized carbons (Fsp3) is 0.500. The third kappa shape index (κ3) is 1.61. The average Bonchev–Trinajstić information content (AvgIpc) is 2.58. The first-order chi connectivity index (χ1) is 7.58. The number of nitrogens with zero attached hydrogens (tertiary/aromatic N) is 3. The summed E-state index contributed by atoms with van der Waals surface area (Å²) in [6.45, 7) is 4.18. The zero-order valence-electron chi connectivity index (χ0n) is 9.11. The third-order valence-electron chi connectivity index (χ3n) is 2.51. The number of ether oxygens (including phenoxy) is 1. The van der Waals surface area contributed by atoms with Crippen molar-refractivity contribution in [1.29, 1.82) is 0 Å². The number of carbonyl (C=O) groups is 1. The lowest BCUT2D eigenvalue weighted by atomic mass is 10.0. The van der Waals surface area contributed by atoms with Crippen molar-refractivity contribution in [2.75, 3.05) is 13.2 Å². The largest absolute Gasteiger partial charge is 0.464 e. The third-order valence-corrected chi connectivity index (χ3v) is 2.72. The number of amidine groups is 1. The topological polar surface area (TPSA) is 54.3 Å². The van der Waals surface area contributed by atoms with Gasteiger partial charge in [0.1, 0.15) is 11.0 Å². The van der Waals surface area contributed by atoms with Crippen LogP contribution in [0.4, 0.5) is 0 Å². The Balaban J connectivity index is 2.27. The van der Waals surface area contributed by atoms with Gasteiger partial charge in [-0.2, -0.15) is 5.10 Å². The monoisotopic (exact) mass is 241 g/mol. The minimum Gasteiger partial charge on any atom is -0.464 e. The Labute approximate surface area is 98.4 Å². The molecule has 2 aliphatic heterocycles. The maximum absolute atomic E-state index is 11.9. The van der Waals surface area contributed by atoms with E-state index in [0.717, 1.165) is 0 Å². The molecule has 0 aromatic heterocycles. The average molecular weight is 242 g/mol. The van der Waals surface area contributed by atoms with E-state index < -0.39 is 5.54 Å². The van der Waals surface area contributed by atoms with E-state index in [-0.39, 0.29) is 5.97 Å². The molecule has 2 rings (SSSR count). The van der Waals surface area contributed by atoms with Crippen molar-refractivity contribution in [1.82, 2.24) is 5.01 Å². The van der Waals surface area contributed by atoms with Gasteiger partial charge < -0.3 is 4.74 Å². The van der Waals surface area contributed by atoms with Gasteiger partial charge in [-0.1, -0.05) is 11.6 Å². The number of fused-ring (bicyclic) bond motifs is 1. The molecule has 16 heavy (non-hydrogen) atoms. The van der Waals surface area contributed by atoms with Crippen molar-refractivity contribution < 1.29 is 9.53 Å². The van der Waals surface area contributed by atoms with E-state index in [2.05, 4.69) is 10.1 Å². The number of halogens is 1. The van der Waals surface area contributed by atoms with Gasteiger partial charge in [0, 0.05) is 0 Å². The van der Waals surface area contributed by atoms with Crippen molar-refractivity contribution in [3.63, 3.8) is 0 Å². The molecular formula is C10H12ClN3O2. The molecule has 0 fully saturated rings. The SMILES string of the molecule is CCOC(=O)C1(C)CN=C2C=CC(Cl)=NN21. The summed E-state index contributed by atoms with van der Waals surface area (Å²) >= 11 is 5.81. The first-order valence-electron chi connectivity index (χ1n) is 5.02. The van der Waals surface area contributed by atoms with E-state index in [1.807, 2.05) is 0 Å². The number of rotatable bonds is 2. The second kappa shape index (κ2) is 3.90. The zero-order chi connectivity index (χ0) is 11.8. The van der Waals surface area contributed by atoms with Crippen molar-refractivity contribution in [3.05, 3.63) is 12.2 Å². The smallest absolute Gasteiger partial charge is 0.335 e. The molecule has 6 heteroatoms. The minimum absolute atomic E-state index is 0.330. The van der Waals surface area contributed by atoms with Crippen LogP contribution in [0.2, 0.25) is 0 Å². The summed E-state index contributed by atoms with van der Waals surface area (Å²) in [6.07, 6.45) is 3.38. The van der Waals surface area contributed by atoms with Crippen molar-refractivity contribution in [2.24, 2.45) is 10.1 Å². The van der Waals surface area contributed by atoms with Crippen molar-refractivity contribution >= 4 is 28.6 Å². The van der Waals surface area contributed by atoms with Crippen LogP contribution in [0.1, 0.15) is 13.8 Å². The summed E-state index contributed by atoms with van der Waals surface area (Å²) in [5.41, 5.74) is -0.879. The lowest BCUT2D eigenvalue weighted by Crippen LogP contribution is -2.51. The molecule has 1 unspecified atom stereocenters. The summed E-state index contributed by atoms with van der Waals surface area (Å²) in [7, 11) is 0. The fourth-order valence-corrected chi connectivity index (χ4v) is 1.75. The van der Waals surface area contributed by atoms with Crippen LogP contribution in [0.3, 0.4) is 0 Å². The van der Waals surface area contributed by atoms with Crippen LogP contribution in [0, 0.1) is 0 Å². The first kappa shape index (κ1) is 11.1. The van der Waals surface area contributed by atoms with E-state index in [1.54, 1.807) is 26.0 Å². The number of aliphatic imine (C=N–C) groups is 1. The Hall–Kier alpha value is -1.36. The van der Waals surface area contributed by atoms with Crippen LogP contribution >= 0.6 is 11.6 Å². The summed E-state index contributed by atoms with van der Waals surface area (Å²) in [4.78, 5) is 16.1. The molecule has 0 saturated heterocycles. The molecule has 2 aliphatic rings. The van der Waals surface area contributed by atoms with Gasteiger partial charge in [0.15, 0.2) is 5.54 Å². The number of hydrogen-bond acceptors (Lipinski definition) is 5. The van der Waals surface area contributed by atoms with E-state index >= 15 is 0 Å². The molecule has 86 valence electrons. The normalized spacial score (nSPS) is 27.3. The van der Waals surface area contributed by atoms with Gasteiger partial charge in [0.2, 0.25) is 0 Å². The van der Waals surface area contributed by atoms with Crippen LogP contribution in [0.15, 0.2) is 22.2 Å². The molecule has 0 bridgehead atoms. The summed E-state index contributed by atoms with van der Waals surface area (Å²) in [5, 5.41) is 5.95. The number of allylic oxidation sites excluding steroid dienone is 1. The van der Waals surface area contributed by atoms with Gasteiger partial charge >= 0.3 is 5.97 Å². The highest BCUT2D eigenvalue weighted by Gasteiger charge is 2.47. The number of esters is 1. The van der Waals surface area contributed by atoms with E-state index in [4.69, 9.17) is 16.3 Å². The molecule has 0 aliphatic carbocycles. The molecule has 0 saturated carbocycles. The highest BCUT2D eigenvalue weighted by molar-refractivity contribution is 6.68. The lowest BCUT2D eigenvalue weighted by molar-refractivity contribution is -0.153. The van der Waals surface area contributed by atoms with Crippen LogP contribution < -0.4 is 0 Å². The Morgan fingerprint density at radius 2 is 2.44 bits per heavy atom. The second-order valence-corrected chi connectivity index (χ2v) is 4.12. The predicted octanol–water partition coefficient (Wildman–Crippen LogP) is 1.14. The maximum Gasteiger partial charge on any atom is 0.335 e. The van der Waals surface area contributed by atoms with E-state index in [1.165, 1.54) is 5.01 Å². The summed E-state index contributed by atoms with van der Waals surface area (Å²) in [5.74, 6) is 0.303. The molecule has 0 aromatic carbocycles. The highest BCUT2D eigenvalue weighted by atomic mass is 35.5. The molecule has 0 amide bonds.